The molecule has 1 fully saturated rings. The van der Waals surface area contributed by atoms with Crippen molar-refractivity contribution >= 4 is 12.2 Å². The van der Waals surface area contributed by atoms with Gasteiger partial charge in [0.1, 0.15) is 0 Å². The molecule has 0 aliphatic carbocycles. The maximum absolute atomic E-state index is 10.9. The molecule has 1 amide bonds. The summed E-state index contributed by atoms with van der Waals surface area (Å²) in [6.07, 6.45) is 1.89. The predicted molar refractivity (Wildman–Crippen MR) is 42.3 cm³/mol. The first-order valence-electron chi connectivity index (χ1n) is 3.96. The Morgan fingerprint density at radius 3 is 2.92 bits per heavy atom. The summed E-state index contributed by atoms with van der Waals surface area (Å²) in [4.78, 5) is 22.6. The van der Waals surface area contributed by atoms with E-state index in [1.54, 1.807) is 11.2 Å². The molecule has 0 aromatic carbocycles. The molecule has 4 nitrogen and oxygen atoms in total. The largest absolute Gasteiger partial charge is 1.00 e. The molecule has 68 valence electrons. The first-order valence-corrected chi connectivity index (χ1v) is 3.96. The van der Waals surface area contributed by atoms with Crippen LogP contribution in [0.3, 0.4) is 0 Å². The Hall–Kier alpha value is 0.736. The van der Waals surface area contributed by atoms with E-state index < -0.39 is 0 Å². The second-order valence-corrected chi connectivity index (χ2v) is 2.81. The number of hydrogen-bond donors (Lipinski definition) is 0. The van der Waals surface area contributed by atoms with Gasteiger partial charge in [0.05, 0.1) is 12.7 Å². The first kappa shape index (κ1) is 13.7. The van der Waals surface area contributed by atoms with Gasteiger partial charge in [-0.1, -0.05) is 0 Å². The number of ether oxygens (including phenoxy) is 1. The minimum atomic E-state index is -0.153. The maximum atomic E-state index is 10.9. The molecule has 1 aliphatic heterocycles. The van der Waals surface area contributed by atoms with Gasteiger partial charge in [-0.15, -0.1) is 6.42 Å². The Kier molecular flexibility index (Phi) is 7.49. The first-order chi connectivity index (χ1) is 5.74. The Bertz CT molecular complexity index is 186. The van der Waals surface area contributed by atoms with Crippen molar-refractivity contribution in [2.75, 3.05) is 19.7 Å². The summed E-state index contributed by atoms with van der Waals surface area (Å²) in [5, 5.41) is 0. The van der Waals surface area contributed by atoms with Crippen LogP contribution in [0.1, 0.15) is 13.3 Å². The third-order valence-corrected chi connectivity index (χ3v) is 1.90. The predicted octanol–water partition coefficient (Wildman–Crippen LogP) is -3.26. The van der Waals surface area contributed by atoms with E-state index in [1.165, 1.54) is 6.92 Å². The molecule has 0 saturated carbocycles. The fourth-order valence-electron chi connectivity index (χ4n) is 1.22. The molecule has 0 radical (unpaired) electrons. The Morgan fingerprint density at radius 1 is 1.69 bits per heavy atom. The van der Waals surface area contributed by atoms with Crippen LogP contribution in [-0.2, 0) is 14.3 Å². The van der Waals surface area contributed by atoms with Crippen molar-refractivity contribution in [3.05, 3.63) is 0 Å². The molecule has 1 rings (SSSR count). The fourth-order valence-corrected chi connectivity index (χ4v) is 1.22. The second-order valence-electron chi connectivity index (χ2n) is 2.81. The van der Waals surface area contributed by atoms with Gasteiger partial charge < -0.3 is 14.4 Å². The topological polar surface area (TPSA) is 46.6 Å². The monoisotopic (exact) mass is 209 g/mol. The van der Waals surface area contributed by atoms with E-state index in [0.717, 1.165) is 0 Å². The third-order valence-electron chi connectivity index (χ3n) is 1.90. The average molecular weight is 209 g/mol. The van der Waals surface area contributed by atoms with E-state index >= 15 is 0 Å². The second kappa shape index (κ2) is 7.08. The molecule has 0 N–H and O–H groups in total. The normalized spacial score (nSPS) is 21.9. The van der Waals surface area contributed by atoms with Gasteiger partial charge in [-0.2, -0.15) is 0 Å². The molecule has 1 unspecified atom stereocenters. The van der Waals surface area contributed by atoms with Crippen LogP contribution in [0.15, 0.2) is 0 Å². The van der Waals surface area contributed by atoms with Crippen molar-refractivity contribution < 1.29 is 65.7 Å². The van der Waals surface area contributed by atoms with Crippen LogP contribution in [0, 0.1) is 0 Å². The number of carbonyl (C=O) groups excluding carboxylic acids is 2. The third kappa shape index (κ3) is 4.67. The van der Waals surface area contributed by atoms with Gasteiger partial charge in [0, 0.05) is 20.0 Å². The number of hydrogen-bond acceptors (Lipinski definition) is 3. The Balaban J connectivity index is 0.00000144. The molecule has 0 bridgehead atoms. The molecule has 0 aromatic heterocycles. The molecular weight excluding hydrogens is 197 g/mol. The van der Waals surface area contributed by atoms with Gasteiger partial charge in [-0.3, -0.25) is 11.1 Å². The summed E-state index contributed by atoms with van der Waals surface area (Å²) in [5.74, 6) is 0.0363. The number of nitrogens with zero attached hydrogens (tertiary/aromatic N) is 1. The van der Waals surface area contributed by atoms with Crippen molar-refractivity contribution in [3.8, 4) is 0 Å². The maximum Gasteiger partial charge on any atom is 1.00 e. The van der Waals surface area contributed by atoms with Gasteiger partial charge >= 0.3 is 51.4 Å². The summed E-state index contributed by atoms with van der Waals surface area (Å²) in [7, 11) is 0. The van der Waals surface area contributed by atoms with E-state index in [2.05, 4.69) is 0 Å². The van der Waals surface area contributed by atoms with Crippen molar-refractivity contribution in [2.45, 2.75) is 19.4 Å². The van der Waals surface area contributed by atoms with E-state index in [-0.39, 0.29) is 69.8 Å². The Labute approximate surface area is 120 Å². The summed E-state index contributed by atoms with van der Waals surface area (Å²) in [5.41, 5.74) is 0. The molecule has 0 spiro atoms. The van der Waals surface area contributed by atoms with Gasteiger partial charge in [-0.25, -0.2) is 0 Å². The number of morpholine rings is 1. The SMILES string of the molecule is CC(=O)N1CCOC(C[C-]=O)C1.[K+]. The van der Waals surface area contributed by atoms with Crippen molar-refractivity contribution in [1.82, 2.24) is 4.90 Å². The van der Waals surface area contributed by atoms with Crippen LogP contribution < -0.4 is 51.4 Å². The minimum absolute atomic E-state index is 0. The summed E-state index contributed by atoms with van der Waals surface area (Å²) < 4.78 is 5.24. The molecule has 1 heterocycles. The molecule has 5 heteroatoms. The van der Waals surface area contributed by atoms with Crippen molar-refractivity contribution in [2.24, 2.45) is 0 Å². The van der Waals surface area contributed by atoms with Crippen LogP contribution in [0.25, 0.3) is 0 Å². The van der Waals surface area contributed by atoms with Crippen molar-refractivity contribution in [3.63, 3.8) is 0 Å². The van der Waals surface area contributed by atoms with Crippen LogP contribution in [0.2, 0.25) is 0 Å². The minimum Gasteiger partial charge on any atom is -0.542 e. The zero-order valence-corrected chi connectivity index (χ0v) is 11.2. The van der Waals surface area contributed by atoms with Gasteiger partial charge in [-0.05, 0) is 0 Å². The van der Waals surface area contributed by atoms with Crippen LogP contribution in [0.5, 0.6) is 0 Å². The number of amides is 1. The fraction of sp³-hybridized carbons (Fsp3) is 0.750. The molecule has 13 heavy (non-hydrogen) atoms. The zero-order valence-electron chi connectivity index (χ0n) is 8.08. The molecule has 1 saturated heterocycles. The van der Waals surface area contributed by atoms with Gasteiger partial charge in [0.25, 0.3) is 0 Å². The Morgan fingerprint density at radius 2 is 2.38 bits per heavy atom. The molecule has 1 atom stereocenters. The summed E-state index contributed by atoms with van der Waals surface area (Å²) >= 11 is 0. The molecular formula is C8H12KNO3. The zero-order chi connectivity index (χ0) is 8.97. The summed E-state index contributed by atoms with van der Waals surface area (Å²) in [6, 6.07) is 0. The van der Waals surface area contributed by atoms with Crippen LogP contribution in [0.4, 0.5) is 0 Å². The number of rotatable bonds is 2. The van der Waals surface area contributed by atoms with E-state index in [4.69, 9.17) is 4.74 Å². The van der Waals surface area contributed by atoms with Crippen molar-refractivity contribution in [1.29, 1.82) is 0 Å². The van der Waals surface area contributed by atoms with Crippen LogP contribution >= 0.6 is 0 Å². The quantitative estimate of drug-likeness (QED) is 0.354. The smallest absolute Gasteiger partial charge is 0.542 e. The van der Waals surface area contributed by atoms with Gasteiger partial charge in [0.15, 0.2) is 0 Å². The molecule has 1 aliphatic rings. The molecule has 0 aromatic rings. The van der Waals surface area contributed by atoms with Crippen LogP contribution in [-0.4, -0.2) is 42.9 Å². The summed E-state index contributed by atoms with van der Waals surface area (Å²) in [6.45, 7) is 3.19. The standard InChI is InChI=1S/C8H12NO3.K/c1-7(11)9-3-5-12-8(6-9)2-4-10;/h8H,2-3,5-6H2,1H3;/q-1;+1. The van der Waals surface area contributed by atoms with E-state index in [0.29, 0.717) is 19.7 Å². The van der Waals surface area contributed by atoms with E-state index in [9.17, 15) is 9.59 Å². The van der Waals surface area contributed by atoms with Gasteiger partial charge in [0.2, 0.25) is 5.91 Å². The number of carbonyl (C=O) groups is 1. The average Bonchev–Trinajstić information content (AvgIpc) is 2.05. The van der Waals surface area contributed by atoms with E-state index in [1.807, 2.05) is 0 Å².